The lowest BCUT2D eigenvalue weighted by molar-refractivity contribution is -0.130. The van der Waals surface area contributed by atoms with Crippen LogP contribution >= 0.6 is 0 Å². The van der Waals surface area contributed by atoms with Crippen LogP contribution in [-0.4, -0.2) is 29.2 Å². The van der Waals surface area contributed by atoms with Gasteiger partial charge >= 0.3 is 0 Å². The van der Waals surface area contributed by atoms with E-state index in [0.717, 1.165) is 5.56 Å². The number of benzene rings is 1. The number of hydrazine groups is 1. The van der Waals surface area contributed by atoms with Gasteiger partial charge in [0.2, 0.25) is 5.91 Å². The molecule has 16 heavy (non-hydrogen) atoms. The number of nitrogens with zero attached hydrogens (tertiary/aromatic N) is 1. The molecular formula is C11H13FN2O2. The molecule has 0 bridgehead atoms. The summed E-state index contributed by atoms with van der Waals surface area (Å²) in [5, 5.41) is 10.1. The van der Waals surface area contributed by atoms with E-state index < -0.39 is 0 Å². The molecule has 0 aliphatic carbocycles. The lowest BCUT2D eigenvalue weighted by Crippen LogP contribution is -2.37. The lowest BCUT2D eigenvalue weighted by Gasteiger charge is -2.16. The third-order valence-electron chi connectivity index (χ3n) is 2.57. The molecule has 1 aliphatic heterocycles. The molecule has 1 atom stereocenters. The van der Waals surface area contributed by atoms with E-state index in [9.17, 15) is 9.18 Å². The number of carbonyl (C=O) groups excluding carboxylic acids is 1. The largest absolute Gasteiger partial charge is 0.394 e. The minimum absolute atomic E-state index is 0.0803. The Kier molecular flexibility index (Phi) is 3.17. The minimum Gasteiger partial charge on any atom is -0.394 e. The molecule has 0 radical (unpaired) electrons. The van der Waals surface area contributed by atoms with Crippen LogP contribution in [0.2, 0.25) is 0 Å². The molecule has 0 aromatic heterocycles. The zero-order chi connectivity index (χ0) is 11.5. The highest BCUT2D eigenvalue weighted by Gasteiger charge is 2.29. The number of carbonyl (C=O) groups is 1. The Morgan fingerprint density at radius 2 is 2.38 bits per heavy atom. The van der Waals surface area contributed by atoms with Gasteiger partial charge in [-0.25, -0.2) is 9.82 Å². The van der Waals surface area contributed by atoms with Crippen molar-refractivity contribution in [3.8, 4) is 0 Å². The normalized spacial score (nSPS) is 20.5. The van der Waals surface area contributed by atoms with Gasteiger partial charge in [0.15, 0.2) is 0 Å². The van der Waals surface area contributed by atoms with Crippen LogP contribution in [-0.2, 0) is 4.79 Å². The Balaban J connectivity index is 2.10. The summed E-state index contributed by atoms with van der Waals surface area (Å²) in [6, 6.07) is 5.97. The van der Waals surface area contributed by atoms with Gasteiger partial charge in [0.25, 0.3) is 0 Å². The molecule has 86 valence electrons. The maximum absolute atomic E-state index is 13.0. The van der Waals surface area contributed by atoms with Crippen molar-refractivity contribution in [2.75, 3.05) is 13.2 Å². The molecule has 1 unspecified atom stereocenters. The fourth-order valence-corrected chi connectivity index (χ4v) is 1.80. The van der Waals surface area contributed by atoms with Crippen LogP contribution in [0, 0.1) is 5.82 Å². The number of aliphatic hydroxyl groups is 1. The molecule has 1 aromatic rings. The van der Waals surface area contributed by atoms with Gasteiger partial charge in [-0.2, -0.15) is 0 Å². The summed E-state index contributed by atoms with van der Waals surface area (Å²) >= 11 is 0. The molecular weight excluding hydrogens is 211 g/mol. The average Bonchev–Trinajstić information content (AvgIpc) is 2.61. The highest BCUT2D eigenvalue weighted by atomic mass is 19.1. The molecule has 1 fully saturated rings. The first-order valence-electron chi connectivity index (χ1n) is 5.13. The number of β-amino-alcohol motifs (C(OH)–C–C–N with tert-alkyl or cyclic N) is 1. The topological polar surface area (TPSA) is 52.6 Å². The molecule has 5 heteroatoms. The molecule has 2 N–H and O–H groups in total. The average molecular weight is 224 g/mol. The van der Waals surface area contributed by atoms with Crippen LogP contribution < -0.4 is 5.43 Å². The first-order chi connectivity index (χ1) is 7.70. The van der Waals surface area contributed by atoms with Crippen molar-refractivity contribution in [3.05, 3.63) is 35.6 Å². The summed E-state index contributed by atoms with van der Waals surface area (Å²) in [5.74, 6) is -0.393. The number of rotatable bonds is 3. The summed E-state index contributed by atoms with van der Waals surface area (Å²) in [6.45, 7) is 0.166. The van der Waals surface area contributed by atoms with E-state index in [-0.39, 0.29) is 30.9 Å². The third-order valence-corrected chi connectivity index (χ3v) is 2.57. The Morgan fingerprint density at radius 1 is 1.56 bits per heavy atom. The zero-order valence-corrected chi connectivity index (χ0v) is 8.69. The monoisotopic (exact) mass is 224 g/mol. The molecule has 4 nitrogen and oxygen atoms in total. The van der Waals surface area contributed by atoms with Crippen LogP contribution in [0.25, 0.3) is 0 Å². The molecule has 1 aliphatic rings. The summed E-state index contributed by atoms with van der Waals surface area (Å²) in [4.78, 5) is 11.5. The molecule has 1 amide bonds. The van der Waals surface area contributed by atoms with E-state index in [1.807, 2.05) is 0 Å². The van der Waals surface area contributed by atoms with Crippen LogP contribution in [0.4, 0.5) is 4.39 Å². The second-order valence-corrected chi connectivity index (χ2v) is 3.71. The van der Waals surface area contributed by atoms with Crippen molar-refractivity contribution in [2.24, 2.45) is 0 Å². The fourth-order valence-electron chi connectivity index (χ4n) is 1.80. The van der Waals surface area contributed by atoms with Crippen molar-refractivity contribution < 1.29 is 14.3 Å². The van der Waals surface area contributed by atoms with Crippen molar-refractivity contribution in [2.45, 2.75) is 12.5 Å². The Morgan fingerprint density at radius 3 is 3.06 bits per heavy atom. The maximum atomic E-state index is 13.0. The first kappa shape index (κ1) is 11.0. The van der Waals surface area contributed by atoms with Gasteiger partial charge in [-0.1, -0.05) is 12.1 Å². The second kappa shape index (κ2) is 4.59. The van der Waals surface area contributed by atoms with E-state index in [0.29, 0.717) is 6.42 Å². The highest BCUT2D eigenvalue weighted by molar-refractivity contribution is 5.78. The second-order valence-electron chi connectivity index (χ2n) is 3.71. The van der Waals surface area contributed by atoms with Crippen molar-refractivity contribution >= 4 is 5.91 Å². The number of amides is 1. The standard InChI is InChI=1S/C11H13FN2O2/c12-9-3-1-2-8(6-9)10-7-11(16)14(13-10)4-5-15/h1-3,6,10,13,15H,4-5,7H2. The van der Waals surface area contributed by atoms with E-state index in [1.165, 1.54) is 17.1 Å². The van der Waals surface area contributed by atoms with Gasteiger partial charge < -0.3 is 5.11 Å². The molecule has 0 spiro atoms. The van der Waals surface area contributed by atoms with E-state index in [2.05, 4.69) is 5.43 Å². The minimum atomic E-state index is -0.313. The zero-order valence-electron chi connectivity index (χ0n) is 8.69. The number of hydrogen-bond acceptors (Lipinski definition) is 3. The Labute approximate surface area is 92.7 Å². The van der Waals surface area contributed by atoms with E-state index in [4.69, 9.17) is 5.11 Å². The predicted octanol–water partition coefficient (Wildman–Crippen LogP) is 0.596. The lowest BCUT2D eigenvalue weighted by atomic mass is 10.1. The molecule has 1 heterocycles. The van der Waals surface area contributed by atoms with Crippen LogP contribution in [0.3, 0.4) is 0 Å². The molecule has 1 aromatic carbocycles. The Bertz CT molecular complexity index is 397. The first-order valence-corrected chi connectivity index (χ1v) is 5.13. The van der Waals surface area contributed by atoms with Crippen molar-refractivity contribution in [1.82, 2.24) is 10.4 Å². The summed E-state index contributed by atoms with van der Waals surface area (Å²) in [5.41, 5.74) is 3.69. The SMILES string of the molecule is O=C1CC(c2cccc(F)c2)NN1CCO. The number of nitrogens with one attached hydrogen (secondary N) is 1. The van der Waals surface area contributed by atoms with Gasteiger partial charge in [-0.05, 0) is 17.7 Å². The van der Waals surface area contributed by atoms with Crippen molar-refractivity contribution in [3.63, 3.8) is 0 Å². The third kappa shape index (κ3) is 2.20. The molecule has 2 rings (SSSR count). The summed E-state index contributed by atoms with van der Waals surface area (Å²) in [7, 11) is 0. The highest BCUT2D eigenvalue weighted by Crippen LogP contribution is 2.23. The molecule has 1 saturated heterocycles. The summed E-state index contributed by atoms with van der Waals surface area (Å²) in [6.07, 6.45) is 0.295. The van der Waals surface area contributed by atoms with Gasteiger partial charge in [-0.3, -0.25) is 9.80 Å². The predicted molar refractivity (Wildman–Crippen MR) is 55.7 cm³/mol. The van der Waals surface area contributed by atoms with Crippen LogP contribution in [0.5, 0.6) is 0 Å². The summed E-state index contributed by atoms with van der Waals surface area (Å²) < 4.78 is 13.0. The quantitative estimate of drug-likeness (QED) is 0.790. The maximum Gasteiger partial charge on any atom is 0.238 e. The van der Waals surface area contributed by atoms with Gasteiger partial charge in [0.1, 0.15) is 5.82 Å². The molecule has 0 saturated carbocycles. The van der Waals surface area contributed by atoms with Gasteiger partial charge in [0.05, 0.1) is 19.2 Å². The number of aliphatic hydroxyl groups excluding tert-OH is 1. The van der Waals surface area contributed by atoms with Crippen LogP contribution in [0.1, 0.15) is 18.0 Å². The number of halogens is 1. The Hall–Kier alpha value is -1.46. The van der Waals surface area contributed by atoms with Crippen molar-refractivity contribution in [1.29, 1.82) is 0 Å². The van der Waals surface area contributed by atoms with E-state index in [1.54, 1.807) is 12.1 Å². The van der Waals surface area contributed by atoms with E-state index >= 15 is 0 Å². The van der Waals surface area contributed by atoms with Gasteiger partial charge in [0, 0.05) is 6.42 Å². The fraction of sp³-hybridized carbons (Fsp3) is 0.364. The smallest absolute Gasteiger partial charge is 0.238 e. The van der Waals surface area contributed by atoms with Crippen LogP contribution in [0.15, 0.2) is 24.3 Å². The van der Waals surface area contributed by atoms with Gasteiger partial charge in [-0.15, -0.1) is 0 Å². The number of hydrogen-bond donors (Lipinski definition) is 2.